The molecule has 0 spiro atoms. The van der Waals surface area contributed by atoms with Crippen LogP contribution in [-0.4, -0.2) is 68.8 Å². The van der Waals surface area contributed by atoms with Gasteiger partial charge < -0.3 is 35.0 Å². The van der Waals surface area contributed by atoms with Gasteiger partial charge in [-0.15, -0.1) is 0 Å². The number of aliphatic hydroxyl groups excluding tert-OH is 4. The Hall–Kier alpha value is -2.23. The second-order valence-corrected chi connectivity index (χ2v) is 5.81. The Balaban J connectivity index is 1.96. The maximum atomic E-state index is 11.5. The van der Waals surface area contributed by atoms with Gasteiger partial charge in [-0.05, 0) is 22.9 Å². The van der Waals surface area contributed by atoms with Gasteiger partial charge in [0.05, 0.1) is 6.61 Å². The van der Waals surface area contributed by atoms with Crippen LogP contribution in [0.4, 0.5) is 0 Å². The fourth-order valence-corrected chi connectivity index (χ4v) is 2.83. The van der Waals surface area contributed by atoms with Gasteiger partial charge in [-0.2, -0.15) is 0 Å². The fraction of sp³-hybridized carbons (Fsp3) is 0.353. The predicted molar refractivity (Wildman–Crippen MR) is 85.3 cm³/mol. The highest BCUT2D eigenvalue weighted by atomic mass is 16.7. The highest BCUT2D eigenvalue weighted by Gasteiger charge is 2.45. The minimum atomic E-state index is -1.65. The van der Waals surface area contributed by atoms with E-state index in [1.165, 1.54) is 12.1 Å². The zero-order chi connectivity index (χ0) is 18.1. The summed E-state index contributed by atoms with van der Waals surface area (Å²) in [5.41, 5.74) is -0.156. The zero-order valence-electron chi connectivity index (χ0n) is 13.0. The normalized spacial score (nSPS) is 29.5. The van der Waals surface area contributed by atoms with Crippen molar-refractivity contribution in [3.63, 3.8) is 0 Å². The first-order valence-electron chi connectivity index (χ1n) is 7.65. The average Bonchev–Trinajstić information content (AvgIpc) is 2.60. The van der Waals surface area contributed by atoms with E-state index in [2.05, 4.69) is 0 Å². The Morgan fingerprint density at radius 1 is 1.08 bits per heavy atom. The molecule has 1 heterocycles. The first-order chi connectivity index (χ1) is 11.9. The highest BCUT2D eigenvalue weighted by Crippen LogP contribution is 2.30. The van der Waals surface area contributed by atoms with Gasteiger partial charge in [0.25, 0.3) is 0 Å². The molecule has 1 saturated heterocycles. The molecule has 8 nitrogen and oxygen atoms in total. The van der Waals surface area contributed by atoms with Gasteiger partial charge in [0.2, 0.25) is 0 Å². The fourth-order valence-electron chi connectivity index (χ4n) is 2.83. The number of fused-ring (bicyclic) bond motifs is 1. The first-order valence-corrected chi connectivity index (χ1v) is 7.65. The van der Waals surface area contributed by atoms with Crippen molar-refractivity contribution in [2.75, 3.05) is 6.61 Å². The summed E-state index contributed by atoms with van der Waals surface area (Å²) in [6, 6.07) is 9.94. The Morgan fingerprint density at radius 2 is 1.72 bits per heavy atom. The summed E-state index contributed by atoms with van der Waals surface area (Å²) in [5, 5.41) is 49.9. The zero-order valence-corrected chi connectivity index (χ0v) is 13.0. The minimum absolute atomic E-state index is 0.0763. The predicted octanol–water partition coefficient (Wildman–Crippen LogP) is -0.283. The van der Waals surface area contributed by atoms with Gasteiger partial charge in [-0.1, -0.05) is 24.3 Å². The van der Waals surface area contributed by atoms with Crippen LogP contribution >= 0.6 is 0 Å². The van der Waals surface area contributed by atoms with Gasteiger partial charge in [0.15, 0.2) is 12.4 Å². The summed E-state index contributed by atoms with van der Waals surface area (Å²) in [5.74, 6) is -1.32. The van der Waals surface area contributed by atoms with Crippen LogP contribution in [0.2, 0.25) is 0 Å². The molecule has 5 N–H and O–H groups in total. The van der Waals surface area contributed by atoms with E-state index in [9.17, 15) is 25.2 Å². The lowest BCUT2D eigenvalue weighted by Gasteiger charge is -2.39. The molecular formula is C17H18O8. The molecule has 1 aliphatic heterocycles. The van der Waals surface area contributed by atoms with E-state index >= 15 is 0 Å². The summed E-state index contributed by atoms with van der Waals surface area (Å²) in [6.45, 7) is -0.599. The van der Waals surface area contributed by atoms with Crippen LogP contribution in [0.1, 0.15) is 10.4 Å². The average molecular weight is 350 g/mol. The van der Waals surface area contributed by atoms with E-state index in [1.54, 1.807) is 24.3 Å². The van der Waals surface area contributed by atoms with E-state index in [4.69, 9.17) is 14.6 Å². The van der Waals surface area contributed by atoms with Crippen molar-refractivity contribution in [3.8, 4) is 5.75 Å². The molecule has 25 heavy (non-hydrogen) atoms. The molecule has 1 fully saturated rings. The van der Waals surface area contributed by atoms with Crippen molar-refractivity contribution < 1.29 is 39.8 Å². The van der Waals surface area contributed by atoms with E-state index < -0.39 is 43.3 Å². The maximum absolute atomic E-state index is 11.5. The quantitative estimate of drug-likeness (QED) is 0.508. The Morgan fingerprint density at radius 3 is 2.32 bits per heavy atom. The molecular weight excluding hydrogens is 332 g/mol. The van der Waals surface area contributed by atoms with Gasteiger partial charge in [-0.25, -0.2) is 4.79 Å². The molecule has 0 amide bonds. The summed E-state index contributed by atoms with van der Waals surface area (Å²) < 4.78 is 10.5. The van der Waals surface area contributed by atoms with Crippen molar-refractivity contribution in [3.05, 3.63) is 42.0 Å². The Bertz CT molecular complexity index is 776. The monoisotopic (exact) mass is 350 g/mol. The van der Waals surface area contributed by atoms with Crippen molar-refractivity contribution in [2.45, 2.75) is 30.7 Å². The van der Waals surface area contributed by atoms with Gasteiger partial charge in [0, 0.05) is 0 Å². The number of hydrogen-bond acceptors (Lipinski definition) is 7. The summed E-state index contributed by atoms with van der Waals surface area (Å²) in [7, 11) is 0. The second kappa shape index (κ2) is 6.95. The lowest BCUT2D eigenvalue weighted by atomic mass is 9.99. The molecule has 2 aromatic carbocycles. The lowest BCUT2D eigenvalue weighted by Crippen LogP contribution is -2.60. The summed E-state index contributed by atoms with van der Waals surface area (Å²) in [4.78, 5) is 11.5. The molecule has 0 aliphatic carbocycles. The van der Waals surface area contributed by atoms with E-state index in [1.807, 2.05) is 0 Å². The number of carboxylic acid groups (broad SMARTS) is 1. The lowest BCUT2D eigenvalue weighted by molar-refractivity contribution is -0.280. The summed E-state index contributed by atoms with van der Waals surface area (Å²) >= 11 is 0. The number of carbonyl (C=O) groups is 1. The third kappa shape index (κ3) is 3.30. The molecule has 0 radical (unpaired) electrons. The topological polar surface area (TPSA) is 137 Å². The molecule has 3 rings (SSSR count). The van der Waals surface area contributed by atoms with Crippen molar-refractivity contribution in [1.29, 1.82) is 0 Å². The highest BCUT2D eigenvalue weighted by molar-refractivity contribution is 5.97. The molecule has 0 aromatic heterocycles. The minimum Gasteiger partial charge on any atom is -0.481 e. The smallest absolute Gasteiger partial charge is 0.339 e. The standard InChI is InChI=1S/C17H18O8/c18-7-12-13(19)14(20)15(17(23)25-12)24-11-6-9-4-2-1-3-8(9)5-10(11)16(21)22/h1-6,12-15,17-20,23H,7H2,(H,21,22)/t12-,13+,14+,15-,17+/m1/s1. The summed E-state index contributed by atoms with van der Waals surface area (Å²) in [6.07, 6.45) is -7.30. The maximum Gasteiger partial charge on any atom is 0.339 e. The largest absolute Gasteiger partial charge is 0.481 e. The number of rotatable bonds is 4. The molecule has 2 aromatic rings. The number of aliphatic hydroxyl groups is 4. The molecule has 5 atom stereocenters. The number of benzene rings is 2. The molecule has 134 valence electrons. The Labute approximate surface area is 142 Å². The Kier molecular flexibility index (Phi) is 4.89. The number of aromatic carboxylic acids is 1. The van der Waals surface area contributed by atoms with Gasteiger partial charge in [0.1, 0.15) is 29.6 Å². The van der Waals surface area contributed by atoms with Crippen molar-refractivity contribution >= 4 is 16.7 Å². The van der Waals surface area contributed by atoms with Crippen LogP contribution in [-0.2, 0) is 4.74 Å². The number of ether oxygens (including phenoxy) is 2. The van der Waals surface area contributed by atoms with Gasteiger partial charge >= 0.3 is 5.97 Å². The second-order valence-electron chi connectivity index (χ2n) is 5.81. The number of hydrogen-bond donors (Lipinski definition) is 5. The van der Waals surface area contributed by atoms with Crippen LogP contribution in [0.15, 0.2) is 36.4 Å². The third-order valence-corrected chi connectivity index (χ3v) is 4.18. The van der Waals surface area contributed by atoms with E-state index in [-0.39, 0.29) is 11.3 Å². The van der Waals surface area contributed by atoms with E-state index in [0.717, 1.165) is 0 Å². The van der Waals surface area contributed by atoms with Crippen LogP contribution in [0.5, 0.6) is 5.75 Å². The molecule has 1 aliphatic rings. The molecule has 8 heteroatoms. The van der Waals surface area contributed by atoms with Crippen molar-refractivity contribution in [1.82, 2.24) is 0 Å². The van der Waals surface area contributed by atoms with E-state index in [0.29, 0.717) is 10.8 Å². The SMILES string of the molecule is O=C(O)c1cc2ccccc2cc1O[C@@H]1[C@@H](O)[C@@H](O)[C@@H](CO)O[C@@H]1O. The van der Waals surface area contributed by atoms with Crippen LogP contribution < -0.4 is 4.74 Å². The third-order valence-electron chi connectivity index (χ3n) is 4.18. The van der Waals surface area contributed by atoms with Crippen LogP contribution in [0, 0.1) is 0 Å². The van der Waals surface area contributed by atoms with Crippen molar-refractivity contribution in [2.24, 2.45) is 0 Å². The van der Waals surface area contributed by atoms with Crippen LogP contribution in [0.25, 0.3) is 10.8 Å². The number of carboxylic acids is 1. The van der Waals surface area contributed by atoms with Crippen LogP contribution in [0.3, 0.4) is 0 Å². The molecule has 0 bridgehead atoms. The van der Waals surface area contributed by atoms with Gasteiger partial charge in [-0.3, -0.25) is 0 Å². The molecule has 0 saturated carbocycles. The first kappa shape index (κ1) is 17.6. The molecule has 0 unspecified atom stereocenters.